The van der Waals surface area contributed by atoms with Gasteiger partial charge in [0.2, 0.25) is 0 Å². The van der Waals surface area contributed by atoms with Crippen LogP contribution in [0.3, 0.4) is 0 Å². The minimum absolute atomic E-state index is 0.146. The highest BCUT2D eigenvalue weighted by molar-refractivity contribution is 7.30. The van der Waals surface area contributed by atoms with Gasteiger partial charge in [-0.05, 0) is 72.1 Å². The molecule has 0 saturated carbocycles. The van der Waals surface area contributed by atoms with E-state index in [4.69, 9.17) is 4.74 Å². The lowest BCUT2D eigenvalue weighted by molar-refractivity contribution is -0.0216. The second-order valence-electron chi connectivity index (χ2n) is 8.98. The van der Waals surface area contributed by atoms with E-state index in [0.717, 1.165) is 4.88 Å². The van der Waals surface area contributed by atoms with Crippen molar-refractivity contribution in [3.05, 3.63) is 83.1 Å². The predicted molar refractivity (Wildman–Crippen MR) is 166 cm³/mol. The predicted octanol–water partition coefficient (Wildman–Crippen LogP) is 9.57. The normalized spacial score (nSPS) is 19.5. The molecular formula is C29H22O3S6. The summed E-state index contributed by atoms with van der Waals surface area (Å²) in [6.07, 6.45) is -0.705. The number of ether oxygens (including phenoxy) is 1. The van der Waals surface area contributed by atoms with Crippen molar-refractivity contribution in [3.63, 3.8) is 0 Å². The summed E-state index contributed by atoms with van der Waals surface area (Å²) in [5.41, 5.74) is 0. The molecule has 0 aromatic carbocycles. The van der Waals surface area contributed by atoms with Crippen LogP contribution >= 0.6 is 68.0 Å². The van der Waals surface area contributed by atoms with Crippen molar-refractivity contribution in [1.82, 2.24) is 0 Å². The zero-order chi connectivity index (χ0) is 25.6. The maximum atomic E-state index is 10.1. The third-order valence-corrected chi connectivity index (χ3v) is 13.9. The van der Waals surface area contributed by atoms with Gasteiger partial charge < -0.3 is 14.9 Å². The van der Waals surface area contributed by atoms with Crippen LogP contribution in [0.15, 0.2) is 78.2 Å². The van der Waals surface area contributed by atoms with Crippen LogP contribution in [0.5, 0.6) is 0 Å². The zero-order valence-corrected chi connectivity index (χ0v) is 24.8. The van der Waals surface area contributed by atoms with Crippen molar-refractivity contribution >= 4 is 68.0 Å². The number of aliphatic hydroxyl groups excluding tert-OH is 2. The quantitative estimate of drug-likeness (QED) is 0.189. The molecule has 6 aromatic heterocycles. The molecule has 1 fully saturated rings. The molecule has 6 aromatic rings. The van der Waals surface area contributed by atoms with Crippen molar-refractivity contribution in [2.45, 2.75) is 24.7 Å². The molecule has 0 bridgehead atoms. The molecule has 7 heterocycles. The van der Waals surface area contributed by atoms with Crippen molar-refractivity contribution in [2.75, 3.05) is 6.61 Å². The van der Waals surface area contributed by atoms with Gasteiger partial charge in [0, 0.05) is 60.1 Å². The first-order valence-electron chi connectivity index (χ1n) is 12.1. The topological polar surface area (TPSA) is 49.7 Å². The molecule has 0 radical (unpaired) electrons. The highest BCUT2D eigenvalue weighted by Crippen LogP contribution is 2.46. The van der Waals surface area contributed by atoms with Gasteiger partial charge in [-0.25, -0.2) is 0 Å². The molecule has 1 aliphatic heterocycles. The Morgan fingerprint density at radius 1 is 0.605 bits per heavy atom. The standard InChI is InChI=1S/C29H22O3S6/c30-15-18-16(31)14-17(32-18)19-3-4-22(34-19)23-7-8-26(36-23)27-11-12-29(38-27)28-10-9-25(37-28)24-6-5-21(35-24)20-2-1-13-33-20/h1-13,16-18,30-31H,14-15H2/t16?,17?,18-/m1/s1. The Bertz CT molecular complexity index is 1660. The Kier molecular flexibility index (Phi) is 6.98. The molecule has 1 aliphatic rings. The highest BCUT2D eigenvalue weighted by Gasteiger charge is 2.35. The fourth-order valence-corrected chi connectivity index (χ4v) is 10.8. The minimum atomic E-state index is -0.606. The van der Waals surface area contributed by atoms with E-state index in [-0.39, 0.29) is 12.7 Å². The lowest BCUT2D eigenvalue weighted by Crippen LogP contribution is -2.24. The largest absolute Gasteiger partial charge is 0.394 e. The summed E-state index contributed by atoms with van der Waals surface area (Å²) in [7, 11) is 0. The second kappa shape index (κ2) is 10.6. The van der Waals surface area contributed by atoms with E-state index in [9.17, 15) is 10.2 Å². The van der Waals surface area contributed by atoms with Crippen molar-refractivity contribution in [1.29, 1.82) is 0 Å². The molecular weight excluding hydrogens is 589 g/mol. The van der Waals surface area contributed by atoms with Crippen LogP contribution in [0.1, 0.15) is 17.4 Å². The van der Waals surface area contributed by atoms with Crippen molar-refractivity contribution in [3.8, 4) is 48.8 Å². The van der Waals surface area contributed by atoms with Crippen molar-refractivity contribution in [2.24, 2.45) is 0 Å². The lowest BCUT2D eigenvalue weighted by atomic mass is 10.1. The summed E-state index contributed by atoms with van der Waals surface area (Å²) in [5, 5.41) is 21.6. The van der Waals surface area contributed by atoms with Crippen LogP contribution in [0, 0.1) is 0 Å². The first kappa shape index (κ1) is 25.1. The molecule has 38 heavy (non-hydrogen) atoms. The average Bonchev–Trinajstić information content (AvgIpc) is 3.75. The summed E-state index contributed by atoms with van der Waals surface area (Å²) in [6.45, 7) is -0.148. The van der Waals surface area contributed by atoms with E-state index in [2.05, 4.69) is 78.2 Å². The fraction of sp³-hybridized carbons (Fsp3) is 0.172. The summed E-state index contributed by atoms with van der Waals surface area (Å²) < 4.78 is 5.84. The van der Waals surface area contributed by atoms with Gasteiger partial charge in [-0.1, -0.05) is 6.07 Å². The van der Waals surface area contributed by atoms with Crippen LogP contribution < -0.4 is 0 Å². The number of rotatable bonds is 7. The summed E-state index contributed by atoms with van der Waals surface area (Å²) in [6, 6.07) is 26.4. The summed E-state index contributed by atoms with van der Waals surface area (Å²) in [4.78, 5) is 14.0. The molecule has 3 atom stereocenters. The third-order valence-electron chi connectivity index (χ3n) is 6.51. The van der Waals surface area contributed by atoms with Crippen LogP contribution in [-0.4, -0.2) is 29.0 Å². The second-order valence-corrected chi connectivity index (χ2v) is 15.4. The van der Waals surface area contributed by atoms with Gasteiger partial charge in [0.25, 0.3) is 0 Å². The zero-order valence-electron chi connectivity index (χ0n) is 19.9. The molecule has 192 valence electrons. The Hall–Kier alpha value is -1.92. The fourth-order valence-electron chi connectivity index (χ4n) is 4.56. The number of hydrogen-bond donors (Lipinski definition) is 2. The van der Waals surface area contributed by atoms with Crippen LogP contribution in [-0.2, 0) is 4.74 Å². The first-order chi connectivity index (χ1) is 18.6. The van der Waals surface area contributed by atoms with Gasteiger partial charge in [-0.15, -0.1) is 68.0 Å². The molecule has 7 rings (SSSR count). The molecule has 9 heteroatoms. The smallest absolute Gasteiger partial charge is 0.107 e. The first-order valence-corrected chi connectivity index (χ1v) is 17.1. The van der Waals surface area contributed by atoms with Crippen LogP contribution in [0.4, 0.5) is 0 Å². The van der Waals surface area contributed by atoms with E-state index in [1.165, 1.54) is 48.8 Å². The highest BCUT2D eigenvalue weighted by atomic mass is 32.1. The monoisotopic (exact) mass is 610 g/mol. The Labute approximate surface area is 244 Å². The molecule has 0 aliphatic carbocycles. The molecule has 0 amide bonds. The van der Waals surface area contributed by atoms with Gasteiger partial charge in [0.1, 0.15) is 6.10 Å². The lowest BCUT2D eigenvalue weighted by Gasteiger charge is -2.10. The van der Waals surface area contributed by atoms with E-state index in [1.54, 1.807) is 22.7 Å². The Balaban J connectivity index is 1.07. The van der Waals surface area contributed by atoms with Gasteiger partial charge in [-0.2, -0.15) is 0 Å². The van der Waals surface area contributed by atoms with Gasteiger partial charge in [-0.3, -0.25) is 0 Å². The third kappa shape index (κ3) is 4.81. The Morgan fingerprint density at radius 3 is 1.47 bits per heavy atom. The molecule has 2 N–H and O–H groups in total. The SMILES string of the molecule is OC[C@H]1OC(c2ccc(-c3ccc(-c4ccc(-c5ccc(-c6ccc(-c7cccs7)s6)s5)s4)s3)s2)CC1O. The summed E-state index contributed by atoms with van der Waals surface area (Å²) >= 11 is 10.9. The maximum absolute atomic E-state index is 10.1. The summed E-state index contributed by atoms with van der Waals surface area (Å²) in [5.74, 6) is 0. The van der Waals surface area contributed by atoms with E-state index in [1.807, 2.05) is 45.3 Å². The van der Waals surface area contributed by atoms with Crippen molar-refractivity contribution < 1.29 is 14.9 Å². The Morgan fingerprint density at radius 2 is 1.05 bits per heavy atom. The van der Waals surface area contributed by atoms with E-state index < -0.39 is 12.2 Å². The van der Waals surface area contributed by atoms with Gasteiger partial charge >= 0.3 is 0 Å². The van der Waals surface area contributed by atoms with E-state index in [0.29, 0.717) is 6.42 Å². The van der Waals surface area contributed by atoms with Crippen LogP contribution in [0.25, 0.3) is 48.8 Å². The number of aliphatic hydroxyl groups is 2. The van der Waals surface area contributed by atoms with Gasteiger partial charge in [0.05, 0.1) is 18.8 Å². The number of thiophene rings is 6. The molecule has 2 unspecified atom stereocenters. The molecule has 1 saturated heterocycles. The average molecular weight is 611 g/mol. The van der Waals surface area contributed by atoms with Crippen LogP contribution in [0.2, 0.25) is 0 Å². The maximum Gasteiger partial charge on any atom is 0.107 e. The van der Waals surface area contributed by atoms with Gasteiger partial charge in [0.15, 0.2) is 0 Å². The molecule has 0 spiro atoms. The molecule has 3 nitrogen and oxygen atoms in total. The van der Waals surface area contributed by atoms with E-state index >= 15 is 0 Å². The number of hydrogen-bond acceptors (Lipinski definition) is 9. The minimum Gasteiger partial charge on any atom is -0.394 e.